The summed E-state index contributed by atoms with van der Waals surface area (Å²) >= 11 is 0. The van der Waals surface area contributed by atoms with Gasteiger partial charge in [-0.3, -0.25) is 14.3 Å². The monoisotopic (exact) mass is 356 g/mol. The molecular weight excluding hydrogens is 332 g/mol. The summed E-state index contributed by atoms with van der Waals surface area (Å²) in [5.74, 6) is 0.589. The number of aryl methyl sites for hydroxylation is 3. The molecule has 2 amide bonds. The van der Waals surface area contributed by atoms with Crippen LogP contribution >= 0.6 is 0 Å². The molecule has 1 aromatic heterocycles. The topological polar surface area (TPSA) is 76.5 Å². The lowest BCUT2D eigenvalue weighted by Gasteiger charge is -2.19. The van der Waals surface area contributed by atoms with Crippen molar-refractivity contribution in [3.8, 4) is 5.75 Å². The second kappa shape index (κ2) is 7.59. The molecule has 1 aliphatic rings. The molecular formula is C19H24N4O3. The van der Waals surface area contributed by atoms with Crippen LogP contribution in [0.1, 0.15) is 30.7 Å². The molecule has 1 aromatic carbocycles. The molecule has 7 heteroatoms. The zero-order valence-electron chi connectivity index (χ0n) is 15.4. The maximum atomic E-state index is 12.2. The third kappa shape index (κ3) is 3.87. The normalized spacial score (nSPS) is 14.0. The first-order valence-electron chi connectivity index (χ1n) is 8.77. The SMILES string of the molecule is COc1cc(NC(=O)CCn2nc(C)cc2C)ccc1N1CCCC1=O. The highest BCUT2D eigenvalue weighted by atomic mass is 16.5. The van der Waals surface area contributed by atoms with Crippen molar-refractivity contribution in [2.45, 2.75) is 39.7 Å². The van der Waals surface area contributed by atoms with Crippen LogP contribution in [0.2, 0.25) is 0 Å². The van der Waals surface area contributed by atoms with Gasteiger partial charge in [0.2, 0.25) is 11.8 Å². The molecule has 2 heterocycles. The molecule has 0 spiro atoms. The third-order valence-corrected chi connectivity index (χ3v) is 4.48. The molecule has 1 aliphatic heterocycles. The lowest BCUT2D eigenvalue weighted by Crippen LogP contribution is -2.24. The van der Waals surface area contributed by atoms with Gasteiger partial charge in [-0.05, 0) is 38.5 Å². The van der Waals surface area contributed by atoms with Gasteiger partial charge in [-0.25, -0.2) is 0 Å². The van der Waals surface area contributed by atoms with Gasteiger partial charge < -0.3 is 15.0 Å². The van der Waals surface area contributed by atoms with Gasteiger partial charge in [-0.15, -0.1) is 0 Å². The fourth-order valence-electron chi connectivity index (χ4n) is 3.21. The molecule has 3 rings (SSSR count). The van der Waals surface area contributed by atoms with Crippen molar-refractivity contribution in [1.82, 2.24) is 9.78 Å². The summed E-state index contributed by atoms with van der Waals surface area (Å²) < 4.78 is 7.25. The first-order valence-corrected chi connectivity index (χ1v) is 8.77. The number of aromatic nitrogens is 2. The van der Waals surface area contributed by atoms with Gasteiger partial charge in [-0.1, -0.05) is 0 Å². The standard InChI is InChI=1S/C19H24N4O3/c1-13-11-14(2)23(21-13)10-8-18(24)20-15-6-7-16(17(12-15)26-3)22-9-4-5-19(22)25/h6-7,11-12H,4-5,8-10H2,1-3H3,(H,20,24). The summed E-state index contributed by atoms with van der Waals surface area (Å²) in [6.07, 6.45) is 1.75. The second-order valence-corrected chi connectivity index (χ2v) is 6.48. The minimum atomic E-state index is -0.0930. The number of nitrogens with zero attached hydrogens (tertiary/aromatic N) is 3. The molecule has 0 atom stereocenters. The number of methoxy groups -OCH3 is 1. The molecule has 0 radical (unpaired) electrons. The Bertz CT molecular complexity index is 828. The molecule has 0 saturated carbocycles. The number of hydrogen-bond acceptors (Lipinski definition) is 4. The van der Waals surface area contributed by atoms with E-state index in [1.54, 1.807) is 24.1 Å². The fourth-order valence-corrected chi connectivity index (χ4v) is 3.21. The van der Waals surface area contributed by atoms with Crippen LogP contribution in [0.25, 0.3) is 0 Å². The Hall–Kier alpha value is -2.83. The lowest BCUT2D eigenvalue weighted by atomic mass is 10.2. The van der Waals surface area contributed by atoms with Gasteiger partial charge >= 0.3 is 0 Å². The van der Waals surface area contributed by atoms with E-state index in [2.05, 4.69) is 10.4 Å². The van der Waals surface area contributed by atoms with Gasteiger partial charge in [0.25, 0.3) is 0 Å². The van der Waals surface area contributed by atoms with Crippen LogP contribution in [-0.2, 0) is 16.1 Å². The van der Waals surface area contributed by atoms with E-state index in [9.17, 15) is 9.59 Å². The highest BCUT2D eigenvalue weighted by Gasteiger charge is 2.24. The van der Waals surface area contributed by atoms with Crippen molar-refractivity contribution >= 4 is 23.2 Å². The summed E-state index contributed by atoms with van der Waals surface area (Å²) in [6.45, 7) is 5.14. The van der Waals surface area contributed by atoms with Crippen molar-refractivity contribution < 1.29 is 14.3 Å². The van der Waals surface area contributed by atoms with E-state index >= 15 is 0 Å². The molecule has 138 valence electrons. The van der Waals surface area contributed by atoms with Gasteiger partial charge in [0.1, 0.15) is 5.75 Å². The summed E-state index contributed by atoms with van der Waals surface area (Å²) in [5, 5.41) is 7.24. The Morgan fingerprint density at radius 1 is 1.31 bits per heavy atom. The summed E-state index contributed by atoms with van der Waals surface area (Å²) in [7, 11) is 1.56. The summed E-state index contributed by atoms with van der Waals surface area (Å²) in [6, 6.07) is 7.35. The number of anilines is 2. The Balaban J connectivity index is 1.64. The van der Waals surface area contributed by atoms with Crippen LogP contribution in [0.4, 0.5) is 11.4 Å². The number of benzene rings is 1. The maximum Gasteiger partial charge on any atom is 0.227 e. The quantitative estimate of drug-likeness (QED) is 0.863. The molecule has 2 aromatic rings. The van der Waals surface area contributed by atoms with Crippen LogP contribution < -0.4 is 15.0 Å². The highest BCUT2D eigenvalue weighted by molar-refractivity contribution is 5.97. The average molecular weight is 356 g/mol. The second-order valence-electron chi connectivity index (χ2n) is 6.48. The fraction of sp³-hybridized carbons (Fsp3) is 0.421. The van der Waals surface area contributed by atoms with Crippen LogP contribution in [0.3, 0.4) is 0 Å². The molecule has 26 heavy (non-hydrogen) atoms. The number of rotatable bonds is 6. The maximum absolute atomic E-state index is 12.2. The smallest absolute Gasteiger partial charge is 0.227 e. The number of nitrogens with one attached hydrogen (secondary N) is 1. The van der Waals surface area contributed by atoms with E-state index in [-0.39, 0.29) is 11.8 Å². The van der Waals surface area contributed by atoms with Crippen LogP contribution in [-0.4, -0.2) is 35.2 Å². The molecule has 0 aliphatic carbocycles. The zero-order valence-corrected chi connectivity index (χ0v) is 15.4. The molecule has 7 nitrogen and oxygen atoms in total. The van der Waals surface area contributed by atoms with Gasteiger partial charge in [0, 0.05) is 43.4 Å². The molecule has 0 unspecified atom stereocenters. The number of carbonyl (C=O) groups is 2. The van der Waals surface area contributed by atoms with Crippen LogP contribution in [0.15, 0.2) is 24.3 Å². The van der Waals surface area contributed by atoms with E-state index in [4.69, 9.17) is 4.74 Å². The largest absolute Gasteiger partial charge is 0.494 e. The van der Waals surface area contributed by atoms with Crippen molar-refractivity contribution in [1.29, 1.82) is 0 Å². The minimum absolute atomic E-state index is 0.0930. The van der Waals surface area contributed by atoms with E-state index in [0.717, 1.165) is 23.5 Å². The summed E-state index contributed by atoms with van der Waals surface area (Å²) in [5.41, 5.74) is 3.38. The van der Waals surface area contributed by atoms with E-state index in [1.165, 1.54) is 0 Å². The molecule has 1 N–H and O–H groups in total. The van der Waals surface area contributed by atoms with Gasteiger partial charge in [-0.2, -0.15) is 5.10 Å². The Kier molecular flexibility index (Phi) is 5.25. The Labute approximate surface area is 152 Å². The van der Waals surface area contributed by atoms with Crippen molar-refractivity contribution in [3.63, 3.8) is 0 Å². The molecule has 1 fully saturated rings. The molecule has 1 saturated heterocycles. The Morgan fingerprint density at radius 3 is 2.73 bits per heavy atom. The third-order valence-electron chi connectivity index (χ3n) is 4.48. The first kappa shape index (κ1) is 18.0. The van der Waals surface area contributed by atoms with E-state index in [0.29, 0.717) is 37.4 Å². The van der Waals surface area contributed by atoms with Crippen molar-refractivity contribution in [2.75, 3.05) is 23.9 Å². The average Bonchev–Trinajstić information content (AvgIpc) is 3.17. The van der Waals surface area contributed by atoms with E-state index < -0.39 is 0 Å². The van der Waals surface area contributed by atoms with Gasteiger partial charge in [0.15, 0.2) is 0 Å². The number of carbonyl (C=O) groups excluding carboxylic acids is 2. The lowest BCUT2D eigenvalue weighted by molar-refractivity contribution is -0.117. The minimum Gasteiger partial charge on any atom is -0.494 e. The number of amides is 2. The van der Waals surface area contributed by atoms with Crippen molar-refractivity contribution in [2.24, 2.45) is 0 Å². The predicted molar refractivity (Wildman–Crippen MR) is 99.5 cm³/mol. The number of ether oxygens (including phenoxy) is 1. The zero-order chi connectivity index (χ0) is 18.7. The first-order chi connectivity index (χ1) is 12.5. The van der Waals surface area contributed by atoms with Crippen LogP contribution in [0.5, 0.6) is 5.75 Å². The predicted octanol–water partition coefficient (Wildman–Crippen LogP) is 2.66. The summed E-state index contributed by atoms with van der Waals surface area (Å²) in [4.78, 5) is 25.9. The van der Waals surface area contributed by atoms with Gasteiger partial charge in [0.05, 0.1) is 18.5 Å². The van der Waals surface area contributed by atoms with Crippen LogP contribution in [0, 0.1) is 13.8 Å². The number of hydrogen-bond donors (Lipinski definition) is 1. The Morgan fingerprint density at radius 2 is 2.12 bits per heavy atom. The van der Waals surface area contributed by atoms with Crippen molar-refractivity contribution in [3.05, 3.63) is 35.7 Å². The highest BCUT2D eigenvalue weighted by Crippen LogP contribution is 2.33. The van der Waals surface area contributed by atoms with E-state index in [1.807, 2.05) is 30.7 Å². The molecule has 0 bridgehead atoms.